The van der Waals surface area contributed by atoms with Crippen molar-refractivity contribution in [3.8, 4) is 0 Å². The molecule has 84 valence electrons. The molecule has 0 fully saturated rings. The lowest BCUT2D eigenvalue weighted by atomic mass is 10.3. The summed E-state index contributed by atoms with van der Waals surface area (Å²) in [5.41, 5.74) is 0. The highest BCUT2D eigenvalue weighted by molar-refractivity contribution is 9.10. The van der Waals surface area contributed by atoms with Gasteiger partial charge in [0.25, 0.3) is 0 Å². The number of hydrogen-bond acceptors (Lipinski definition) is 4. The van der Waals surface area contributed by atoms with Crippen LogP contribution in [0.4, 0.5) is 5.82 Å². The van der Waals surface area contributed by atoms with E-state index in [2.05, 4.69) is 52.0 Å². The van der Waals surface area contributed by atoms with Crippen molar-refractivity contribution in [1.29, 1.82) is 0 Å². The monoisotopic (exact) mass is 289 g/mol. The van der Waals surface area contributed by atoms with E-state index >= 15 is 0 Å². The van der Waals surface area contributed by atoms with Crippen molar-refractivity contribution >= 4 is 33.5 Å². The zero-order chi connectivity index (χ0) is 11.3. The van der Waals surface area contributed by atoms with Crippen LogP contribution in [0.25, 0.3) is 0 Å². The Morgan fingerprint density at radius 3 is 2.80 bits per heavy atom. The molecule has 3 nitrogen and oxygen atoms in total. The zero-order valence-electron chi connectivity index (χ0n) is 9.25. The Bertz CT molecular complexity index is 318. The molecule has 1 aromatic rings. The lowest BCUT2D eigenvalue weighted by Gasteiger charge is -2.09. The van der Waals surface area contributed by atoms with Crippen LogP contribution in [0.1, 0.15) is 20.8 Å². The predicted molar refractivity (Wildman–Crippen MR) is 69.5 cm³/mol. The van der Waals surface area contributed by atoms with Crippen LogP contribution in [-0.2, 0) is 0 Å². The predicted octanol–water partition coefficient (Wildman–Crippen LogP) is 3.42. The van der Waals surface area contributed by atoms with Crippen LogP contribution in [0.15, 0.2) is 15.8 Å². The van der Waals surface area contributed by atoms with Crippen LogP contribution in [0.2, 0.25) is 0 Å². The van der Waals surface area contributed by atoms with E-state index in [-0.39, 0.29) is 0 Å². The quantitative estimate of drug-likeness (QED) is 0.666. The third kappa shape index (κ3) is 3.99. The Hall–Kier alpha value is -0.290. The molecule has 0 amide bonds. The average Bonchev–Trinajstić information content (AvgIpc) is 2.19. The first kappa shape index (κ1) is 12.8. The summed E-state index contributed by atoms with van der Waals surface area (Å²) >= 11 is 5.28. The van der Waals surface area contributed by atoms with Crippen molar-refractivity contribution in [2.45, 2.75) is 25.8 Å². The van der Waals surface area contributed by atoms with Crippen LogP contribution >= 0.6 is 27.7 Å². The second-order valence-corrected chi connectivity index (χ2v) is 5.38. The molecule has 0 aliphatic heterocycles. The van der Waals surface area contributed by atoms with E-state index in [1.54, 1.807) is 18.1 Å². The molecule has 0 aromatic carbocycles. The fourth-order valence-electron chi connectivity index (χ4n) is 0.991. The average molecular weight is 290 g/mol. The van der Waals surface area contributed by atoms with Gasteiger partial charge in [-0.1, -0.05) is 13.8 Å². The molecular weight excluding hydrogens is 274 g/mol. The maximum atomic E-state index is 4.26. The highest BCUT2D eigenvalue weighted by atomic mass is 79.9. The molecule has 0 bridgehead atoms. The number of nitrogens with zero attached hydrogens (tertiary/aromatic N) is 2. The minimum Gasteiger partial charge on any atom is -0.369 e. The van der Waals surface area contributed by atoms with E-state index < -0.39 is 0 Å². The molecule has 1 heterocycles. The molecule has 5 heteroatoms. The van der Waals surface area contributed by atoms with Gasteiger partial charge in [-0.25, -0.2) is 9.97 Å². The largest absolute Gasteiger partial charge is 0.369 e. The smallest absolute Gasteiger partial charge is 0.144 e. The van der Waals surface area contributed by atoms with Gasteiger partial charge in [-0.15, -0.1) is 11.8 Å². The minimum absolute atomic E-state index is 0.666. The third-order valence-electron chi connectivity index (χ3n) is 1.66. The number of rotatable bonds is 5. The highest BCUT2D eigenvalue weighted by Crippen LogP contribution is 2.30. The maximum absolute atomic E-state index is 4.26. The van der Waals surface area contributed by atoms with Crippen LogP contribution < -0.4 is 5.32 Å². The Labute approximate surface area is 104 Å². The molecule has 0 saturated carbocycles. The van der Waals surface area contributed by atoms with Crippen molar-refractivity contribution in [1.82, 2.24) is 9.97 Å². The first-order valence-corrected chi connectivity index (χ1v) is 6.80. The van der Waals surface area contributed by atoms with Gasteiger partial charge < -0.3 is 5.32 Å². The molecule has 1 rings (SSSR count). The van der Waals surface area contributed by atoms with Crippen LogP contribution in [0.3, 0.4) is 0 Å². The minimum atomic E-state index is 0.666. The molecule has 0 aliphatic rings. The second-order valence-electron chi connectivity index (χ2n) is 3.58. The second kappa shape index (κ2) is 6.33. The Morgan fingerprint density at radius 1 is 1.47 bits per heavy atom. The first-order chi connectivity index (χ1) is 7.15. The lowest BCUT2D eigenvalue weighted by molar-refractivity contribution is 0.749. The van der Waals surface area contributed by atoms with Gasteiger partial charge in [-0.05, 0) is 28.8 Å². The molecule has 0 saturated heterocycles. The van der Waals surface area contributed by atoms with Crippen LogP contribution in [-0.4, -0.2) is 22.3 Å². The zero-order valence-corrected chi connectivity index (χ0v) is 11.7. The van der Waals surface area contributed by atoms with E-state index in [1.165, 1.54) is 0 Å². The molecule has 1 aromatic heterocycles. The van der Waals surface area contributed by atoms with E-state index in [1.807, 2.05) is 0 Å². The Balaban J connectivity index is 2.75. The summed E-state index contributed by atoms with van der Waals surface area (Å²) in [6.45, 7) is 7.32. The first-order valence-electron chi connectivity index (χ1n) is 5.02. The van der Waals surface area contributed by atoms with E-state index in [0.717, 1.165) is 27.6 Å². The van der Waals surface area contributed by atoms with Crippen LogP contribution in [0, 0.1) is 5.92 Å². The van der Waals surface area contributed by atoms with Crippen molar-refractivity contribution in [3.05, 3.63) is 10.8 Å². The van der Waals surface area contributed by atoms with Crippen molar-refractivity contribution in [2.75, 3.05) is 17.6 Å². The van der Waals surface area contributed by atoms with Gasteiger partial charge in [-0.2, -0.15) is 0 Å². The third-order valence-corrected chi connectivity index (χ3v) is 4.08. The molecule has 0 atom stereocenters. The van der Waals surface area contributed by atoms with E-state index in [4.69, 9.17) is 0 Å². The SMILES string of the molecule is CCNc1ncnc(SCC(C)C)c1Br. The fourth-order valence-corrected chi connectivity index (χ4v) is 2.52. The summed E-state index contributed by atoms with van der Waals surface area (Å²) in [5.74, 6) is 2.61. The number of hydrogen-bond donors (Lipinski definition) is 1. The van der Waals surface area contributed by atoms with Crippen molar-refractivity contribution < 1.29 is 0 Å². The molecule has 0 spiro atoms. The number of aromatic nitrogens is 2. The molecule has 0 aliphatic carbocycles. The summed E-state index contributed by atoms with van der Waals surface area (Å²) in [6.07, 6.45) is 1.60. The van der Waals surface area contributed by atoms with Gasteiger partial charge in [0.2, 0.25) is 0 Å². The van der Waals surface area contributed by atoms with Gasteiger partial charge in [0.05, 0.1) is 4.47 Å². The normalized spacial score (nSPS) is 10.7. The molecular formula is C10H16BrN3S. The maximum Gasteiger partial charge on any atom is 0.144 e. The molecule has 1 N–H and O–H groups in total. The van der Waals surface area contributed by atoms with E-state index in [9.17, 15) is 0 Å². The van der Waals surface area contributed by atoms with Gasteiger partial charge in [0.15, 0.2) is 0 Å². The topological polar surface area (TPSA) is 37.8 Å². The van der Waals surface area contributed by atoms with Crippen LogP contribution in [0.5, 0.6) is 0 Å². The van der Waals surface area contributed by atoms with Gasteiger partial charge in [0, 0.05) is 12.3 Å². The summed E-state index contributed by atoms with van der Waals surface area (Å²) < 4.78 is 0.970. The summed E-state index contributed by atoms with van der Waals surface area (Å²) in [5, 5.41) is 4.20. The Kier molecular flexibility index (Phi) is 5.39. The van der Waals surface area contributed by atoms with Gasteiger partial charge in [-0.3, -0.25) is 0 Å². The molecule has 0 unspecified atom stereocenters. The van der Waals surface area contributed by atoms with E-state index in [0.29, 0.717) is 5.92 Å². The van der Waals surface area contributed by atoms with Gasteiger partial charge in [0.1, 0.15) is 17.2 Å². The standard InChI is InChI=1S/C10H16BrN3S/c1-4-12-9-8(11)10(14-6-13-9)15-5-7(2)3/h6-7H,4-5H2,1-3H3,(H,12,13,14). The number of nitrogens with one attached hydrogen (secondary N) is 1. The highest BCUT2D eigenvalue weighted by Gasteiger charge is 2.08. The molecule has 15 heavy (non-hydrogen) atoms. The van der Waals surface area contributed by atoms with Crippen molar-refractivity contribution in [3.63, 3.8) is 0 Å². The summed E-state index contributed by atoms with van der Waals surface area (Å²) in [4.78, 5) is 8.43. The summed E-state index contributed by atoms with van der Waals surface area (Å²) in [6, 6.07) is 0. The number of thioether (sulfide) groups is 1. The number of halogens is 1. The lowest BCUT2D eigenvalue weighted by Crippen LogP contribution is -2.02. The molecule has 0 radical (unpaired) electrons. The fraction of sp³-hybridized carbons (Fsp3) is 0.600. The van der Waals surface area contributed by atoms with Gasteiger partial charge >= 0.3 is 0 Å². The number of anilines is 1. The van der Waals surface area contributed by atoms with Crippen molar-refractivity contribution in [2.24, 2.45) is 5.92 Å². The summed E-state index contributed by atoms with van der Waals surface area (Å²) in [7, 11) is 0. The Morgan fingerprint density at radius 2 is 2.20 bits per heavy atom.